The van der Waals surface area contributed by atoms with Crippen LogP contribution in [0.4, 0.5) is 4.79 Å². The van der Waals surface area contributed by atoms with Crippen molar-refractivity contribution in [1.29, 1.82) is 0 Å². The number of hydrogen-bond donors (Lipinski definition) is 4. The van der Waals surface area contributed by atoms with E-state index in [-0.39, 0.29) is 6.42 Å². The highest BCUT2D eigenvalue weighted by atomic mass is 16.4. The quantitative estimate of drug-likeness (QED) is 0.389. The van der Waals surface area contributed by atoms with E-state index in [2.05, 4.69) is 0 Å². The summed E-state index contributed by atoms with van der Waals surface area (Å²) >= 11 is 0. The number of amides is 2. The Kier molecular flexibility index (Phi) is 2.82. The minimum atomic E-state index is -1.74. The van der Waals surface area contributed by atoms with Gasteiger partial charge in [-0.25, -0.2) is 9.59 Å². The van der Waals surface area contributed by atoms with Gasteiger partial charge in [0, 0.05) is 0 Å². The van der Waals surface area contributed by atoms with Gasteiger partial charge in [0.25, 0.3) is 0 Å². The predicted octanol–water partition coefficient (Wildman–Crippen LogP) is -1.20. The number of rotatable bonds is 3. The number of aliphatic carboxylic acids is 1. The van der Waals surface area contributed by atoms with E-state index in [1.165, 1.54) is 6.92 Å². The summed E-state index contributed by atoms with van der Waals surface area (Å²) in [4.78, 5) is 20.6. The number of urea groups is 1. The van der Waals surface area contributed by atoms with Crippen LogP contribution in [-0.4, -0.2) is 22.8 Å². The maximum absolute atomic E-state index is 10.4. The van der Waals surface area contributed by atoms with Crippen molar-refractivity contribution in [2.24, 2.45) is 11.5 Å². The summed E-state index contributed by atoms with van der Waals surface area (Å²) in [7, 11) is 0. The van der Waals surface area contributed by atoms with Gasteiger partial charge in [-0.3, -0.25) is 5.73 Å². The van der Waals surface area contributed by atoms with Crippen molar-refractivity contribution in [3.8, 4) is 0 Å². The maximum Gasteiger partial charge on any atom is 0.344 e. The molecule has 11 heavy (non-hydrogen) atoms. The molecule has 0 aromatic heterocycles. The van der Waals surface area contributed by atoms with Crippen LogP contribution in [0.15, 0.2) is 0 Å². The van der Waals surface area contributed by atoms with Gasteiger partial charge in [0.15, 0.2) is 5.66 Å². The molecular formula is C5H11N3O3. The van der Waals surface area contributed by atoms with Crippen molar-refractivity contribution in [3.63, 3.8) is 0 Å². The third kappa shape index (κ3) is 2.42. The molecule has 0 aromatic rings. The summed E-state index contributed by atoms with van der Waals surface area (Å²) in [6.45, 7) is 1.53. The number of primary amides is 1. The van der Waals surface area contributed by atoms with E-state index in [0.29, 0.717) is 0 Å². The Morgan fingerprint density at radius 1 is 1.64 bits per heavy atom. The van der Waals surface area contributed by atoms with Crippen LogP contribution in [0.25, 0.3) is 0 Å². The van der Waals surface area contributed by atoms with Gasteiger partial charge >= 0.3 is 12.0 Å². The van der Waals surface area contributed by atoms with E-state index in [4.69, 9.17) is 16.6 Å². The molecule has 0 heterocycles. The van der Waals surface area contributed by atoms with Crippen molar-refractivity contribution >= 4 is 12.0 Å². The molecule has 0 saturated heterocycles. The zero-order valence-corrected chi connectivity index (χ0v) is 6.13. The Hall–Kier alpha value is -1.30. The normalized spacial score (nSPS) is 15.1. The molecule has 6 heteroatoms. The molecule has 1 atom stereocenters. The van der Waals surface area contributed by atoms with Crippen LogP contribution in [0.2, 0.25) is 0 Å². The largest absolute Gasteiger partial charge is 0.478 e. The van der Waals surface area contributed by atoms with Crippen LogP contribution in [0.3, 0.4) is 0 Å². The Morgan fingerprint density at radius 3 is 2.18 bits per heavy atom. The van der Waals surface area contributed by atoms with Crippen LogP contribution in [0.5, 0.6) is 0 Å². The molecule has 0 aliphatic carbocycles. The summed E-state index contributed by atoms with van der Waals surface area (Å²) in [5.74, 6) is -1.31. The highest BCUT2D eigenvalue weighted by Crippen LogP contribution is 2.00. The minimum Gasteiger partial charge on any atom is -0.478 e. The second-order valence-corrected chi connectivity index (χ2v) is 2.12. The van der Waals surface area contributed by atoms with Crippen LogP contribution < -0.4 is 16.8 Å². The van der Waals surface area contributed by atoms with Crippen molar-refractivity contribution in [1.82, 2.24) is 5.32 Å². The first-order valence-corrected chi connectivity index (χ1v) is 3.02. The fraction of sp³-hybridized carbons (Fsp3) is 0.600. The number of carbonyl (C=O) groups excluding carboxylic acids is 1. The number of carboxylic acid groups (broad SMARTS) is 1. The third-order valence-corrected chi connectivity index (χ3v) is 1.29. The number of hydrogen-bond acceptors (Lipinski definition) is 3. The zero-order chi connectivity index (χ0) is 9.07. The van der Waals surface area contributed by atoms with Crippen molar-refractivity contribution in [2.45, 2.75) is 19.0 Å². The van der Waals surface area contributed by atoms with Gasteiger partial charge in [-0.2, -0.15) is 0 Å². The lowest BCUT2D eigenvalue weighted by atomic mass is 10.1. The molecule has 0 aromatic carbocycles. The third-order valence-electron chi connectivity index (χ3n) is 1.29. The van der Waals surface area contributed by atoms with Gasteiger partial charge in [-0.05, 0) is 6.42 Å². The molecule has 64 valence electrons. The van der Waals surface area contributed by atoms with Crippen LogP contribution in [0, 0.1) is 0 Å². The van der Waals surface area contributed by atoms with Crippen molar-refractivity contribution in [2.75, 3.05) is 0 Å². The van der Waals surface area contributed by atoms with E-state index in [1.807, 2.05) is 5.32 Å². The summed E-state index contributed by atoms with van der Waals surface area (Å²) in [6.07, 6.45) is 0.0747. The number of carbonyl (C=O) groups is 2. The number of nitrogens with one attached hydrogen (secondary N) is 1. The van der Waals surface area contributed by atoms with E-state index < -0.39 is 17.7 Å². The topological polar surface area (TPSA) is 118 Å². The van der Waals surface area contributed by atoms with Crippen molar-refractivity contribution in [3.05, 3.63) is 0 Å². The number of nitrogens with two attached hydrogens (primary N) is 2. The minimum absolute atomic E-state index is 0.0747. The van der Waals surface area contributed by atoms with Gasteiger partial charge in [-0.15, -0.1) is 0 Å². The van der Waals surface area contributed by atoms with E-state index in [9.17, 15) is 9.59 Å². The first-order valence-electron chi connectivity index (χ1n) is 3.02. The fourth-order valence-electron chi connectivity index (χ4n) is 0.513. The van der Waals surface area contributed by atoms with E-state index in [1.54, 1.807) is 0 Å². The molecular weight excluding hydrogens is 150 g/mol. The Labute approximate surface area is 63.5 Å². The standard InChI is InChI=1S/C5H11N3O3/c1-2-5(7,3(9)10)8-4(6)11/h2,7H2,1H3,(H,9,10)(H3,6,8,11). The van der Waals surface area contributed by atoms with Crippen LogP contribution in [-0.2, 0) is 4.79 Å². The summed E-state index contributed by atoms with van der Waals surface area (Å²) in [6, 6.07) is -0.947. The summed E-state index contributed by atoms with van der Waals surface area (Å²) in [5.41, 5.74) is 8.18. The van der Waals surface area contributed by atoms with Gasteiger partial charge in [-0.1, -0.05) is 6.92 Å². The van der Waals surface area contributed by atoms with Gasteiger partial charge < -0.3 is 16.2 Å². The highest BCUT2D eigenvalue weighted by molar-refractivity contribution is 5.84. The molecule has 2 amide bonds. The molecule has 6 N–H and O–H groups in total. The molecule has 6 nitrogen and oxygen atoms in total. The molecule has 1 unspecified atom stereocenters. The van der Waals surface area contributed by atoms with E-state index >= 15 is 0 Å². The lowest BCUT2D eigenvalue weighted by molar-refractivity contribution is -0.144. The van der Waals surface area contributed by atoms with Gasteiger partial charge in [0.1, 0.15) is 0 Å². The van der Waals surface area contributed by atoms with Gasteiger partial charge in [0.05, 0.1) is 0 Å². The zero-order valence-electron chi connectivity index (χ0n) is 6.13. The second kappa shape index (κ2) is 3.20. The average molecular weight is 161 g/mol. The molecule has 0 rings (SSSR count). The molecule has 0 aliphatic heterocycles. The Bertz CT molecular complexity index is 182. The van der Waals surface area contributed by atoms with Crippen LogP contribution in [0.1, 0.15) is 13.3 Å². The maximum atomic E-state index is 10.4. The molecule has 0 radical (unpaired) electrons. The first-order chi connectivity index (χ1) is 4.92. The number of carboxylic acids is 1. The average Bonchev–Trinajstić information content (AvgIpc) is 1.86. The lowest BCUT2D eigenvalue weighted by Gasteiger charge is -2.22. The Balaban J connectivity index is 4.34. The summed E-state index contributed by atoms with van der Waals surface area (Å²) in [5, 5.41) is 10.4. The van der Waals surface area contributed by atoms with Crippen LogP contribution >= 0.6 is 0 Å². The highest BCUT2D eigenvalue weighted by Gasteiger charge is 2.32. The summed E-state index contributed by atoms with van der Waals surface area (Å²) < 4.78 is 0. The van der Waals surface area contributed by atoms with E-state index in [0.717, 1.165) is 0 Å². The molecule has 0 aliphatic rings. The monoisotopic (exact) mass is 161 g/mol. The lowest BCUT2D eigenvalue weighted by Crippen LogP contribution is -2.62. The SMILES string of the molecule is CCC(N)(NC(N)=O)C(=O)O. The van der Waals surface area contributed by atoms with Crippen molar-refractivity contribution < 1.29 is 14.7 Å². The smallest absolute Gasteiger partial charge is 0.344 e. The second-order valence-electron chi connectivity index (χ2n) is 2.12. The molecule has 0 saturated carbocycles. The molecule has 0 bridgehead atoms. The fourth-order valence-corrected chi connectivity index (χ4v) is 0.513. The molecule has 0 spiro atoms. The molecule has 0 fully saturated rings. The predicted molar refractivity (Wildman–Crippen MR) is 37.6 cm³/mol. The first kappa shape index (κ1) is 9.70. The Morgan fingerprint density at radius 2 is 2.09 bits per heavy atom. The van der Waals surface area contributed by atoms with Gasteiger partial charge in [0.2, 0.25) is 0 Å².